The molecular formula is C23H29N3O3. The maximum atomic E-state index is 13.3. The highest BCUT2D eigenvalue weighted by atomic mass is 16.5. The van der Waals surface area contributed by atoms with Crippen molar-refractivity contribution in [2.75, 3.05) is 20.2 Å². The van der Waals surface area contributed by atoms with Crippen molar-refractivity contribution in [2.24, 2.45) is 0 Å². The van der Waals surface area contributed by atoms with Gasteiger partial charge < -0.3 is 20.1 Å². The Morgan fingerprint density at radius 1 is 1.24 bits per heavy atom. The van der Waals surface area contributed by atoms with Crippen LogP contribution in [-0.4, -0.2) is 37.2 Å². The van der Waals surface area contributed by atoms with Crippen molar-refractivity contribution in [2.45, 2.75) is 50.2 Å². The van der Waals surface area contributed by atoms with Gasteiger partial charge >= 0.3 is 0 Å². The van der Waals surface area contributed by atoms with Crippen molar-refractivity contribution in [3.05, 3.63) is 53.9 Å². The first-order chi connectivity index (χ1) is 14.2. The Balaban J connectivity index is 1.57. The second-order valence-electron chi connectivity index (χ2n) is 7.90. The molecule has 2 heterocycles. The fraction of sp³-hybridized carbons (Fsp3) is 0.478. The first-order valence-electron chi connectivity index (χ1n) is 10.5. The van der Waals surface area contributed by atoms with E-state index < -0.39 is 5.41 Å². The molecule has 2 aromatic rings. The number of nitrogens with one attached hydrogen (secondary N) is 2. The lowest BCUT2D eigenvalue weighted by Gasteiger charge is -2.28. The quantitative estimate of drug-likeness (QED) is 0.754. The number of carbonyl (C=O) groups excluding carboxylic acids is 1. The molecule has 2 N–H and O–H groups in total. The molecule has 29 heavy (non-hydrogen) atoms. The standard InChI is InChI=1S/C23H29N3O3/c1-28-20-10-9-17(14-21(20)29-19-7-2-3-8-19)23(11-13-24-16-23)22(27)26-15-18-6-4-5-12-25-18/h4-6,9-10,12,14,19,24H,2-3,7-8,11,13,15-16H2,1H3,(H,26,27). The number of rotatable bonds is 7. The van der Waals surface area contributed by atoms with E-state index in [4.69, 9.17) is 9.47 Å². The van der Waals surface area contributed by atoms with Gasteiger partial charge in [0.05, 0.1) is 30.9 Å². The second kappa shape index (κ2) is 8.82. The van der Waals surface area contributed by atoms with Gasteiger partial charge in [0.25, 0.3) is 0 Å². The molecule has 0 spiro atoms. The topological polar surface area (TPSA) is 72.5 Å². The van der Waals surface area contributed by atoms with E-state index in [1.165, 1.54) is 12.8 Å². The van der Waals surface area contributed by atoms with Crippen molar-refractivity contribution in [1.82, 2.24) is 15.6 Å². The highest BCUT2D eigenvalue weighted by Gasteiger charge is 2.43. The monoisotopic (exact) mass is 395 g/mol. The average molecular weight is 396 g/mol. The second-order valence-corrected chi connectivity index (χ2v) is 7.90. The highest BCUT2D eigenvalue weighted by Crippen LogP contribution is 2.38. The van der Waals surface area contributed by atoms with Gasteiger partial charge in [-0.15, -0.1) is 0 Å². The number of amides is 1. The minimum absolute atomic E-state index is 0.0186. The molecular weight excluding hydrogens is 366 g/mol. The number of hydrogen-bond acceptors (Lipinski definition) is 5. The van der Waals surface area contributed by atoms with Gasteiger partial charge in [-0.3, -0.25) is 9.78 Å². The van der Waals surface area contributed by atoms with Crippen molar-refractivity contribution in [3.63, 3.8) is 0 Å². The smallest absolute Gasteiger partial charge is 0.232 e. The van der Waals surface area contributed by atoms with Gasteiger partial charge in [0.1, 0.15) is 0 Å². The molecule has 2 fully saturated rings. The molecule has 1 amide bonds. The van der Waals surface area contributed by atoms with Crippen LogP contribution in [0.3, 0.4) is 0 Å². The average Bonchev–Trinajstić information content (AvgIpc) is 3.45. The van der Waals surface area contributed by atoms with Gasteiger partial charge in [-0.25, -0.2) is 0 Å². The summed E-state index contributed by atoms with van der Waals surface area (Å²) in [5.74, 6) is 1.47. The van der Waals surface area contributed by atoms with E-state index in [0.717, 1.165) is 48.6 Å². The molecule has 1 saturated carbocycles. The third kappa shape index (κ3) is 4.22. The van der Waals surface area contributed by atoms with Crippen LogP contribution in [0.2, 0.25) is 0 Å². The Morgan fingerprint density at radius 2 is 2.10 bits per heavy atom. The summed E-state index contributed by atoms with van der Waals surface area (Å²) in [6.07, 6.45) is 7.28. The number of ether oxygens (including phenoxy) is 2. The third-order valence-corrected chi connectivity index (χ3v) is 6.06. The molecule has 0 radical (unpaired) electrons. The Kier molecular flexibility index (Phi) is 6.00. The maximum Gasteiger partial charge on any atom is 0.232 e. The van der Waals surface area contributed by atoms with E-state index in [1.807, 2.05) is 36.4 Å². The Labute approximate surface area is 172 Å². The summed E-state index contributed by atoms with van der Waals surface area (Å²) < 4.78 is 11.8. The van der Waals surface area contributed by atoms with Gasteiger partial charge in [-0.2, -0.15) is 0 Å². The van der Waals surface area contributed by atoms with Gasteiger partial charge in [-0.1, -0.05) is 12.1 Å². The van der Waals surface area contributed by atoms with Crippen LogP contribution in [0.4, 0.5) is 0 Å². The van der Waals surface area contributed by atoms with E-state index in [0.29, 0.717) is 13.1 Å². The number of nitrogens with zero attached hydrogens (tertiary/aromatic N) is 1. The number of benzene rings is 1. The van der Waals surface area contributed by atoms with Crippen molar-refractivity contribution >= 4 is 5.91 Å². The molecule has 1 aromatic carbocycles. The largest absolute Gasteiger partial charge is 0.493 e. The molecule has 1 unspecified atom stereocenters. The fourth-order valence-electron chi connectivity index (χ4n) is 4.36. The molecule has 2 aliphatic rings. The summed E-state index contributed by atoms with van der Waals surface area (Å²) in [7, 11) is 1.66. The van der Waals surface area contributed by atoms with Crippen molar-refractivity contribution < 1.29 is 14.3 Å². The summed E-state index contributed by atoms with van der Waals surface area (Å²) in [5, 5.41) is 6.45. The van der Waals surface area contributed by atoms with Crippen LogP contribution in [0, 0.1) is 0 Å². The van der Waals surface area contributed by atoms with Crippen LogP contribution in [0.5, 0.6) is 11.5 Å². The number of aromatic nitrogens is 1. The van der Waals surface area contributed by atoms with Crippen LogP contribution in [-0.2, 0) is 16.8 Å². The van der Waals surface area contributed by atoms with E-state index in [1.54, 1.807) is 13.3 Å². The number of methoxy groups -OCH3 is 1. The zero-order valence-electron chi connectivity index (χ0n) is 16.9. The van der Waals surface area contributed by atoms with E-state index >= 15 is 0 Å². The molecule has 6 heteroatoms. The van der Waals surface area contributed by atoms with Crippen LogP contribution in [0.1, 0.15) is 43.4 Å². The minimum atomic E-state index is -0.616. The lowest BCUT2D eigenvalue weighted by Crippen LogP contribution is -2.45. The van der Waals surface area contributed by atoms with E-state index in [9.17, 15) is 4.79 Å². The van der Waals surface area contributed by atoms with Gasteiger partial charge in [0.2, 0.25) is 5.91 Å². The van der Waals surface area contributed by atoms with Gasteiger partial charge in [0.15, 0.2) is 11.5 Å². The predicted octanol–water partition coefficient (Wildman–Crippen LogP) is 2.96. The zero-order chi connectivity index (χ0) is 20.1. The summed E-state index contributed by atoms with van der Waals surface area (Å²) in [6.45, 7) is 1.83. The van der Waals surface area contributed by atoms with Crippen LogP contribution in [0.15, 0.2) is 42.6 Å². The lowest BCUT2D eigenvalue weighted by molar-refractivity contribution is -0.126. The highest BCUT2D eigenvalue weighted by molar-refractivity contribution is 5.89. The molecule has 6 nitrogen and oxygen atoms in total. The van der Waals surface area contributed by atoms with E-state index in [2.05, 4.69) is 15.6 Å². The van der Waals surface area contributed by atoms with Crippen LogP contribution < -0.4 is 20.1 Å². The van der Waals surface area contributed by atoms with Gasteiger partial charge in [-0.05, 0) is 68.5 Å². The lowest BCUT2D eigenvalue weighted by atomic mass is 9.78. The molecule has 1 aliphatic carbocycles. The first kappa shape index (κ1) is 19.7. The maximum absolute atomic E-state index is 13.3. The zero-order valence-corrected chi connectivity index (χ0v) is 16.9. The Morgan fingerprint density at radius 3 is 2.79 bits per heavy atom. The molecule has 154 valence electrons. The summed E-state index contributed by atoms with van der Waals surface area (Å²) in [4.78, 5) is 17.6. The van der Waals surface area contributed by atoms with E-state index in [-0.39, 0.29) is 12.0 Å². The third-order valence-electron chi connectivity index (χ3n) is 6.06. The molecule has 4 rings (SSSR count). The summed E-state index contributed by atoms with van der Waals surface area (Å²) in [6, 6.07) is 11.6. The Hall–Kier alpha value is -2.60. The molecule has 1 atom stereocenters. The number of carbonyl (C=O) groups is 1. The Bertz CT molecular complexity index is 829. The van der Waals surface area contributed by atoms with Gasteiger partial charge in [0, 0.05) is 12.7 Å². The van der Waals surface area contributed by atoms with Crippen molar-refractivity contribution in [1.29, 1.82) is 0 Å². The summed E-state index contributed by atoms with van der Waals surface area (Å²) in [5.41, 5.74) is 1.20. The number of hydrogen-bond donors (Lipinski definition) is 2. The van der Waals surface area contributed by atoms with Crippen LogP contribution in [0.25, 0.3) is 0 Å². The number of pyridine rings is 1. The fourth-order valence-corrected chi connectivity index (χ4v) is 4.36. The normalized spacial score (nSPS) is 21.8. The summed E-state index contributed by atoms with van der Waals surface area (Å²) >= 11 is 0. The first-order valence-corrected chi connectivity index (χ1v) is 10.5. The minimum Gasteiger partial charge on any atom is -0.493 e. The van der Waals surface area contributed by atoms with Crippen molar-refractivity contribution in [3.8, 4) is 11.5 Å². The predicted molar refractivity (Wildman–Crippen MR) is 111 cm³/mol. The SMILES string of the molecule is COc1ccc(C2(C(=O)NCc3ccccn3)CCNC2)cc1OC1CCCC1. The molecule has 1 aliphatic heterocycles. The molecule has 1 saturated heterocycles. The molecule has 0 bridgehead atoms. The van der Waals surface area contributed by atoms with Crippen LogP contribution >= 0.6 is 0 Å². The molecule has 1 aromatic heterocycles.